The monoisotopic (exact) mass is 381 g/mol. The van der Waals surface area contributed by atoms with Crippen LogP contribution in [0.15, 0.2) is 36.7 Å². The molecule has 3 heterocycles. The van der Waals surface area contributed by atoms with Crippen LogP contribution in [0.1, 0.15) is 25.5 Å². The van der Waals surface area contributed by atoms with E-state index in [1.54, 1.807) is 24.7 Å². The number of carbonyl (C=O) groups excluding carboxylic acids is 1. The highest BCUT2D eigenvalue weighted by Crippen LogP contribution is 2.31. The second kappa shape index (κ2) is 6.77. The zero-order valence-corrected chi connectivity index (χ0v) is 15.7. The number of aliphatic hydroxyl groups is 1. The van der Waals surface area contributed by atoms with Crippen LogP contribution in [0, 0.1) is 0 Å². The molecule has 0 radical (unpaired) electrons. The van der Waals surface area contributed by atoms with Crippen LogP contribution in [0.4, 0.5) is 5.82 Å². The van der Waals surface area contributed by atoms with Crippen molar-refractivity contribution in [3.05, 3.63) is 42.2 Å². The number of anilines is 1. The number of amides is 1. The Bertz CT molecular complexity index is 1090. The third-order valence-electron chi connectivity index (χ3n) is 5.00. The Balaban J connectivity index is 1.80. The Morgan fingerprint density at radius 3 is 2.93 bits per heavy atom. The quantitative estimate of drug-likeness (QED) is 0.439. The molecule has 1 aliphatic heterocycles. The fourth-order valence-electron chi connectivity index (χ4n) is 3.29. The number of benzene rings is 1. The van der Waals surface area contributed by atoms with Crippen molar-refractivity contribution < 1.29 is 9.90 Å². The van der Waals surface area contributed by atoms with Gasteiger partial charge in [0.15, 0.2) is 0 Å². The minimum Gasteiger partial charge on any atom is -0.395 e. The number of hydrogen-bond acceptors (Lipinski definition) is 7. The molecule has 146 valence electrons. The molecular formula is C19H23N7O2. The molecule has 1 aromatic carbocycles. The molecule has 0 spiro atoms. The summed E-state index contributed by atoms with van der Waals surface area (Å²) < 4.78 is 1.60. The van der Waals surface area contributed by atoms with Gasteiger partial charge in [-0.15, -0.1) is 0 Å². The standard InChI is InChI=1S/C19H23N7O2/c1-19(2,18(28)21-7-8-27)26-10-13-16(25-26)12-4-3-11(14-5-6-22-24-14)9-15(12)23-17(13)20/h3-6,9-10,14,22,24,27H,7-8H2,1-2H3,(H2,20,23)(H,21,28). The molecule has 9 nitrogen and oxygen atoms in total. The summed E-state index contributed by atoms with van der Waals surface area (Å²) in [7, 11) is 0. The Kier molecular flexibility index (Phi) is 4.40. The maximum absolute atomic E-state index is 12.5. The topological polar surface area (TPSA) is 130 Å². The van der Waals surface area contributed by atoms with Crippen molar-refractivity contribution in [3.8, 4) is 0 Å². The number of nitrogens with zero attached hydrogens (tertiary/aromatic N) is 3. The molecule has 6 N–H and O–H groups in total. The Morgan fingerprint density at radius 1 is 1.39 bits per heavy atom. The third-order valence-corrected chi connectivity index (χ3v) is 5.00. The minimum atomic E-state index is -0.947. The van der Waals surface area contributed by atoms with Crippen LogP contribution in [-0.4, -0.2) is 38.9 Å². The number of carbonyl (C=O) groups is 1. The highest BCUT2D eigenvalue weighted by atomic mass is 16.3. The van der Waals surface area contributed by atoms with E-state index in [9.17, 15) is 4.79 Å². The van der Waals surface area contributed by atoms with Gasteiger partial charge < -0.3 is 21.6 Å². The first-order valence-electron chi connectivity index (χ1n) is 9.07. The van der Waals surface area contributed by atoms with Gasteiger partial charge in [-0.25, -0.2) is 10.4 Å². The number of rotatable bonds is 5. The first-order valence-corrected chi connectivity index (χ1v) is 9.07. The summed E-state index contributed by atoms with van der Waals surface area (Å²) in [6, 6.07) is 6.05. The van der Waals surface area contributed by atoms with Crippen molar-refractivity contribution in [3.63, 3.8) is 0 Å². The Hall–Kier alpha value is -3.17. The summed E-state index contributed by atoms with van der Waals surface area (Å²) in [6.45, 7) is 3.60. The number of hydrogen-bond donors (Lipinski definition) is 5. The summed E-state index contributed by atoms with van der Waals surface area (Å²) >= 11 is 0. The van der Waals surface area contributed by atoms with E-state index in [2.05, 4.69) is 26.3 Å². The zero-order valence-electron chi connectivity index (χ0n) is 15.7. The molecule has 9 heteroatoms. The fraction of sp³-hybridized carbons (Fsp3) is 0.316. The normalized spacial score (nSPS) is 16.6. The first kappa shape index (κ1) is 18.2. The Morgan fingerprint density at radius 2 is 2.21 bits per heavy atom. The van der Waals surface area contributed by atoms with Gasteiger partial charge in [0, 0.05) is 24.3 Å². The largest absolute Gasteiger partial charge is 0.395 e. The van der Waals surface area contributed by atoms with E-state index < -0.39 is 5.54 Å². The lowest BCUT2D eigenvalue weighted by atomic mass is 10.0. The molecule has 1 aliphatic rings. The zero-order chi connectivity index (χ0) is 19.9. The molecule has 1 unspecified atom stereocenters. The maximum Gasteiger partial charge on any atom is 0.247 e. The van der Waals surface area contributed by atoms with Crippen molar-refractivity contribution in [1.82, 2.24) is 30.9 Å². The number of aliphatic hydroxyl groups excluding tert-OH is 1. The number of aromatic nitrogens is 3. The third kappa shape index (κ3) is 2.94. The van der Waals surface area contributed by atoms with E-state index in [1.807, 2.05) is 30.5 Å². The molecule has 0 saturated carbocycles. The molecule has 0 aliphatic carbocycles. The van der Waals surface area contributed by atoms with Crippen molar-refractivity contribution in [2.24, 2.45) is 0 Å². The molecule has 1 amide bonds. The number of hydrazine groups is 1. The predicted octanol–water partition coefficient (Wildman–Crippen LogP) is 0.673. The molecule has 2 aromatic heterocycles. The summed E-state index contributed by atoms with van der Waals surface area (Å²) in [5, 5.41) is 17.9. The van der Waals surface area contributed by atoms with Gasteiger partial charge in [0.25, 0.3) is 0 Å². The number of nitrogen functional groups attached to an aromatic ring is 1. The lowest BCUT2D eigenvalue weighted by molar-refractivity contribution is -0.128. The number of pyridine rings is 1. The van der Waals surface area contributed by atoms with Crippen molar-refractivity contribution in [1.29, 1.82) is 0 Å². The average Bonchev–Trinajstić information content (AvgIpc) is 3.36. The molecule has 28 heavy (non-hydrogen) atoms. The van der Waals surface area contributed by atoms with Gasteiger partial charge >= 0.3 is 0 Å². The summed E-state index contributed by atoms with van der Waals surface area (Å²) in [5.41, 5.74) is 13.9. The number of nitrogens with one attached hydrogen (secondary N) is 3. The van der Waals surface area contributed by atoms with Gasteiger partial charge in [0.1, 0.15) is 16.9 Å². The minimum absolute atomic E-state index is 0.0647. The molecular weight excluding hydrogens is 358 g/mol. The van der Waals surface area contributed by atoms with E-state index in [0.29, 0.717) is 16.7 Å². The lowest BCUT2D eigenvalue weighted by Gasteiger charge is -2.23. The van der Waals surface area contributed by atoms with Gasteiger partial charge in [0.05, 0.1) is 23.6 Å². The molecule has 0 fully saturated rings. The van der Waals surface area contributed by atoms with Crippen LogP contribution >= 0.6 is 0 Å². The van der Waals surface area contributed by atoms with Crippen LogP contribution < -0.4 is 21.9 Å². The van der Waals surface area contributed by atoms with E-state index in [1.165, 1.54) is 0 Å². The highest BCUT2D eigenvalue weighted by molar-refractivity contribution is 6.07. The molecule has 3 aromatic rings. The Labute approximate surface area is 161 Å². The van der Waals surface area contributed by atoms with Crippen LogP contribution in [0.25, 0.3) is 21.8 Å². The SMILES string of the molecule is CC(C)(C(=O)NCCO)n1cc2c(N)nc3cc(C4C=CNN4)ccc3c2n1. The van der Waals surface area contributed by atoms with E-state index in [-0.39, 0.29) is 25.1 Å². The smallest absolute Gasteiger partial charge is 0.247 e. The molecule has 4 rings (SSSR count). The van der Waals surface area contributed by atoms with Crippen LogP contribution in [-0.2, 0) is 10.3 Å². The van der Waals surface area contributed by atoms with E-state index in [0.717, 1.165) is 16.5 Å². The number of nitrogens with two attached hydrogens (primary N) is 1. The summed E-state index contributed by atoms with van der Waals surface area (Å²) in [5.74, 6) is 0.129. The number of fused-ring (bicyclic) bond motifs is 3. The molecule has 0 bridgehead atoms. The van der Waals surface area contributed by atoms with Gasteiger partial charge in [-0.3, -0.25) is 9.48 Å². The summed E-state index contributed by atoms with van der Waals surface area (Å²) in [6.07, 6.45) is 5.62. The average molecular weight is 381 g/mol. The predicted molar refractivity (Wildman–Crippen MR) is 107 cm³/mol. The lowest BCUT2D eigenvalue weighted by Crippen LogP contribution is -2.45. The maximum atomic E-state index is 12.5. The first-order chi connectivity index (χ1) is 13.4. The van der Waals surface area contributed by atoms with Gasteiger partial charge in [-0.05, 0) is 31.6 Å². The molecule has 1 atom stereocenters. The second-order valence-corrected chi connectivity index (χ2v) is 7.27. The molecule has 0 saturated heterocycles. The van der Waals surface area contributed by atoms with Crippen molar-refractivity contribution in [2.45, 2.75) is 25.4 Å². The van der Waals surface area contributed by atoms with Crippen LogP contribution in [0.5, 0.6) is 0 Å². The van der Waals surface area contributed by atoms with Gasteiger partial charge in [-0.1, -0.05) is 12.1 Å². The van der Waals surface area contributed by atoms with Gasteiger partial charge in [0.2, 0.25) is 5.91 Å². The highest BCUT2D eigenvalue weighted by Gasteiger charge is 2.31. The van der Waals surface area contributed by atoms with Crippen LogP contribution in [0.2, 0.25) is 0 Å². The van der Waals surface area contributed by atoms with Crippen molar-refractivity contribution >= 4 is 33.5 Å². The summed E-state index contributed by atoms with van der Waals surface area (Å²) in [4.78, 5) is 17.0. The van der Waals surface area contributed by atoms with E-state index >= 15 is 0 Å². The second-order valence-electron chi connectivity index (χ2n) is 7.27. The van der Waals surface area contributed by atoms with Gasteiger partial charge in [-0.2, -0.15) is 5.10 Å². The van der Waals surface area contributed by atoms with Crippen molar-refractivity contribution in [2.75, 3.05) is 18.9 Å². The fourth-order valence-corrected chi connectivity index (χ4v) is 3.29. The van der Waals surface area contributed by atoms with Crippen LogP contribution in [0.3, 0.4) is 0 Å². The van der Waals surface area contributed by atoms with E-state index in [4.69, 9.17) is 10.8 Å².